The first kappa shape index (κ1) is 9.68. The molecule has 1 nitrogen and oxygen atoms in total. The standard InChI is InChI=1S/C9H11BrFN/c1-6-3-4-7(5-12-2)9(11)8(6)10/h3-4,12H,5H2,1-2H3. The molecule has 0 saturated carbocycles. The van der Waals surface area contributed by atoms with E-state index in [-0.39, 0.29) is 5.82 Å². The molecular formula is C9H11BrFN. The Bertz CT molecular complexity index is 286. The molecule has 66 valence electrons. The fourth-order valence-electron chi connectivity index (χ4n) is 1.01. The molecule has 0 unspecified atom stereocenters. The number of hydrogen-bond acceptors (Lipinski definition) is 1. The van der Waals surface area contributed by atoms with Gasteiger partial charge in [-0.25, -0.2) is 4.39 Å². The molecular weight excluding hydrogens is 221 g/mol. The summed E-state index contributed by atoms with van der Waals surface area (Å²) >= 11 is 3.20. The SMILES string of the molecule is CNCc1ccc(C)c(Br)c1F. The summed E-state index contributed by atoms with van der Waals surface area (Å²) in [6.07, 6.45) is 0. The van der Waals surface area contributed by atoms with Gasteiger partial charge in [-0.05, 0) is 35.5 Å². The lowest BCUT2D eigenvalue weighted by Crippen LogP contribution is -2.07. The quantitative estimate of drug-likeness (QED) is 0.826. The Balaban J connectivity index is 3.08. The van der Waals surface area contributed by atoms with Crippen LogP contribution in [0.2, 0.25) is 0 Å². The molecule has 0 amide bonds. The minimum Gasteiger partial charge on any atom is -0.316 e. The Morgan fingerprint density at radius 3 is 2.75 bits per heavy atom. The third-order valence-corrected chi connectivity index (χ3v) is 2.70. The minimum atomic E-state index is -0.163. The largest absolute Gasteiger partial charge is 0.316 e. The van der Waals surface area contributed by atoms with Crippen molar-refractivity contribution in [1.29, 1.82) is 0 Å². The van der Waals surface area contributed by atoms with Gasteiger partial charge in [-0.3, -0.25) is 0 Å². The summed E-state index contributed by atoms with van der Waals surface area (Å²) in [6, 6.07) is 3.70. The van der Waals surface area contributed by atoms with Crippen LogP contribution in [0.1, 0.15) is 11.1 Å². The van der Waals surface area contributed by atoms with E-state index in [4.69, 9.17) is 0 Å². The van der Waals surface area contributed by atoms with E-state index in [1.807, 2.05) is 13.0 Å². The highest BCUT2D eigenvalue weighted by atomic mass is 79.9. The van der Waals surface area contributed by atoms with E-state index in [1.54, 1.807) is 13.1 Å². The number of halogens is 2. The Labute approximate surface area is 80.1 Å². The summed E-state index contributed by atoms with van der Waals surface area (Å²) in [6.45, 7) is 2.43. The Hall–Kier alpha value is -0.410. The average Bonchev–Trinajstić information content (AvgIpc) is 2.07. The van der Waals surface area contributed by atoms with Gasteiger partial charge < -0.3 is 5.32 Å². The molecule has 12 heavy (non-hydrogen) atoms. The summed E-state index contributed by atoms with van der Waals surface area (Å²) in [5.74, 6) is -0.163. The van der Waals surface area contributed by atoms with Gasteiger partial charge in [0, 0.05) is 12.1 Å². The smallest absolute Gasteiger partial charge is 0.142 e. The zero-order valence-electron chi connectivity index (χ0n) is 7.12. The number of aryl methyl sites for hydroxylation is 1. The first-order valence-corrected chi connectivity index (χ1v) is 4.54. The van der Waals surface area contributed by atoms with Crippen LogP contribution in [0.25, 0.3) is 0 Å². The number of nitrogens with one attached hydrogen (secondary N) is 1. The zero-order valence-corrected chi connectivity index (χ0v) is 8.70. The van der Waals surface area contributed by atoms with Crippen molar-refractivity contribution in [3.63, 3.8) is 0 Å². The van der Waals surface area contributed by atoms with Crippen LogP contribution >= 0.6 is 15.9 Å². The summed E-state index contributed by atoms with van der Waals surface area (Å²) in [7, 11) is 1.80. The molecule has 1 N–H and O–H groups in total. The van der Waals surface area contributed by atoms with Crippen LogP contribution < -0.4 is 5.32 Å². The van der Waals surface area contributed by atoms with Gasteiger partial charge >= 0.3 is 0 Å². The molecule has 0 bridgehead atoms. The van der Waals surface area contributed by atoms with Crippen molar-refractivity contribution < 1.29 is 4.39 Å². The highest BCUT2D eigenvalue weighted by molar-refractivity contribution is 9.10. The Morgan fingerprint density at radius 1 is 1.50 bits per heavy atom. The second-order valence-corrected chi connectivity index (χ2v) is 3.49. The first-order chi connectivity index (χ1) is 5.66. The molecule has 0 fully saturated rings. The lowest BCUT2D eigenvalue weighted by atomic mass is 10.1. The summed E-state index contributed by atoms with van der Waals surface area (Å²) in [4.78, 5) is 0. The topological polar surface area (TPSA) is 12.0 Å². The molecule has 0 saturated heterocycles. The fourth-order valence-corrected chi connectivity index (χ4v) is 1.40. The normalized spacial score (nSPS) is 10.3. The lowest BCUT2D eigenvalue weighted by Gasteiger charge is -2.05. The third kappa shape index (κ3) is 1.84. The zero-order chi connectivity index (χ0) is 9.14. The summed E-state index contributed by atoms with van der Waals surface area (Å²) in [5.41, 5.74) is 1.61. The maximum atomic E-state index is 13.4. The van der Waals surface area contributed by atoms with Crippen molar-refractivity contribution in [1.82, 2.24) is 5.32 Å². The van der Waals surface area contributed by atoms with Crippen LogP contribution in [0, 0.1) is 12.7 Å². The van der Waals surface area contributed by atoms with Gasteiger partial charge in [0.15, 0.2) is 0 Å². The van der Waals surface area contributed by atoms with Crippen molar-refractivity contribution in [3.05, 3.63) is 33.5 Å². The van der Waals surface area contributed by atoms with Gasteiger partial charge in [-0.15, -0.1) is 0 Å². The highest BCUT2D eigenvalue weighted by Gasteiger charge is 2.06. The van der Waals surface area contributed by atoms with Crippen molar-refractivity contribution in [2.45, 2.75) is 13.5 Å². The van der Waals surface area contributed by atoms with Crippen LogP contribution in [-0.2, 0) is 6.54 Å². The van der Waals surface area contributed by atoms with E-state index in [1.165, 1.54) is 0 Å². The monoisotopic (exact) mass is 231 g/mol. The molecule has 0 heterocycles. The van der Waals surface area contributed by atoms with Crippen molar-refractivity contribution >= 4 is 15.9 Å². The molecule has 3 heteroatoms. The molecule has 1 aromatic rings. The van der Waals surface area contributed by atoms with Gasteiger partial charge in [0.05, 0.1) is 4.47 Å². The van der Waals surface area contributed by atoms with Crippen LogP contribution in [-0.4, -0.2) is 7.05 Å². The van der Waals surface area contributed by atoms with Crippen molar-refractivity contribution in [2.75, 3.05) is 7.05 Å². The van der Waals surface area contributed by atoms with E-state index < -0.39 is 0 Å². The lowest BCUT2D eigenvalue weighted by molar-refractivity contribution is 0.593. The number of benzene rings is 1. The average molecular weight is 232 g/mol. The molecule has 0 aliphatic rings. The third-order valence-electron chi connectivity index (χ3n) is 1.72. The molecule has 1 aromatic carbocycles. The molecule has 0 atom stereocenters. The Kier molecular flexibility index (Phi) is 3.23. The van der Waals surface area contributed by atoms with Gasteiger partial charge in [0.25, 0.3) is 0 Å². The van der Waals surface area contributed by atoms with Crippen LogP contribution in [0.15, 0.2) is 16.6 Å². The first-order valence-electron chi connectivity index (χ1n) is 3.75. The van der Waals surface area contributed by atoms with E-state index in [0.29, 0.717) is 16.6 Å². The fraction of sp³-hybridized carbons (Fsp3) is 0.333. The van der Waals surface area contributed by atoms with Crippen LogP contribution in [0.5, 0.6) is 0 Å². The van der Waals surface area contributed by atoms with Gasteiger partial charge in [-0.1, -0.05) is 12.1 Å². The van der Waals surface area contributed by atoms with Crippen molar-refractivity contribution in [3.8, 4) is 0 Å². The van der Waals surface area contributed by atoms with Gasteiger partial charge in [-0.2, -0.15) is 0 Å². The Morgan fingerprint density at radius 2 is 2.17 bits per heavy atom. The molecule has 0 spiro atoms. The van der Waals surface area contributed by atoms with E-state index in [9.17, 15) is 4.39 Å². The predicted octanol–water partition coefficient (Wildman–Crippen LogP) is 2.62. The van der Waals surface area contributed by atoms with Gasteiger partial charge in [0.1, 0.15) is 5.82 Å². The molecule has 1 rings (SSSR count). The molecule has 0 aromatic heterocycles. The maximum Gasteiger partial charge on any atom is 0.142 e. The maximum absolute atomic E-state index is 13.4. The van der Waals surface area contributed by atoms with Crippen LogP contribution in [0.3, 0.4) is 0 Å². The van der Waals surface area contributed by atoms with E-state index in [0.717, 1.165) is 5.56 Å². The van der Waals surface area contributed by atoms with Crippen molar-refractivity contribution in [2.24, 2.45) is 0 Å². The minimum absolute atomic E-state index is 0.163. The highest BCUT2D eigenvalue weighted by Crippen LogP contribution is 2.22. The second kappa shape index (κ2) is 4.01. The van der Waals surface area contributed by atoms with Crippen LogP contribution in [0.4, 0.5) is 4.39 Å². The number of hydrogen-bond donors (Lipinski definition) is 1. The molecule has 0 aliphatic carbocycles. The molecule has 0 radical (unpaired) electrons. The van der Waals surface area contributed by atoms with E-state index >= 15 is 0 Å². The second-order valence-electron chi connectivity index (χ2n) is 2.70. The van der Waals surface area contributed by atoms with Gasteiger partial charge in [0.2, 0.25) is 0 Å². The summed E-state index contributed by atoms with van der Waals surface area (Å²) < 4.78 is 13.9. The molecule has 0 aliphatic heterocycles. The number of rotatable bonds is 2. The summed E-state index contributed by atoms with van der Waals surface area (Å²) in [5, 5.41) is 2.91. The predicted molar refractivity (Wildman–Crippen MR) is 51.6 cm³/mol. The van der Waals surface area contributed by atoms with E-state index in [2.05, 4.69) is 21.2 Å².